The van der Waals surface area contributed by atoms with E-state index in [2.05, 4.69) is 9.97 Å². The van der Waals surface area contributed by atoms with Crippen molar-refractivity contribution in [3.05, 3.63) is 32.5 Å². The number of aryl methyl sites for hydroxylation is 1. The second-order valence-electron chi connectivity index (χ2n) is 4.57. The number of H-pyrrole nitrogens is 1. The van der Waals surface area contributed by atoms with E-state index in [1.807, 2.05) is 11.5 Å². The second kappa shape index (κ2) is 5.54. The van der Waals surface area contributed by atoms with Gasteiger partial charge in [-0.15, -0.1) is 0 Å². The molecule has 3 rings (SSSR count). The van der Waals surface area contributed by atoms with Crippen LogP contribution in [0.1, 0.15) is 6.92 Å². The molecule has 6 nitrogen and oxygen atoms in total. The molecule has 0 aliphatic rings. The van der Waals surface area contributed by atoms with Crippen molar-refractivity contribution in [2.45, 2.75) is 13.5 Å². The third kappa shape index (κ3) is 2.30. The van der Waals surface area contributed by atoms with E-state index in [4.69, 9.17) is 17.0 Å². The highest BCUT2D eigenvalue weighted by Crippen LogP contribution is 2.30. The van der Waals surface area contributed by atoms with E-state index in [1.54, 1.807) is 12.1 Å². The molecule has 0 fully saturated rings. The van der Waals surface area contributed by atoms with Crippen LogP contribution < -0.4 is 10.3 Å². The minimum atomic E-state index is -0.237. The molecular weight excluding hydrogens is 322 g/mol. The summed E-state index contributed by atoms with van der Waals surface area (Å²) in [5, 5.41) is 9.88. The van der Waals surface area contributed by atoms with Gasteiger partial charge in [0.05, 0.1) is 7.11 Å². The molecule has 2 heterocycles. The van der Waals surface area contributed by atoms with Crippen LogP contribution in [0.4, 0.5) is 0 Å². The molecule has 22 heavy (non-hydrogen) atoms. The molecule has 114 valence electrons. The van der Waals surface area contributed by atoms with Gasteiger partial charge in [-0.3, -0.25) is 4.79 Å². The fourth-order valence-corrected chi connectivity index (χ4v) is 3.56. The number of methoxy groups -OCH3 is 1. The molecule has 2 aromatic heterocycles. The van der Waals surface area contributed by atoms with Crippen molar-refractivity contribution in [3.8, 4) is 22.9 Å². The molecule has 0 radical (unpaired) electrons. The summed E-state index contributed by atoms with van der Waals surface area (Å²) >= 11 is 6.50. The van der Waals surface area contributed by atoms with Gasteiger partial charge in [-0.1, -0.05) is 11.3 Å². The maximum atomic E-state index is 12.2. The van der Waals surface area contributed by atoms with Crippen LogP contribution in [0.15, 0.2) is 23.0 Å². The van der Waals surface area contributed by atoms with E-state index in [1.165, 1.54) is 24.5 Å². The minimum absolute atomic E-state index is 0.0135. The van der Waals surface area contributed by atoms with Crippen molar-refractivity contribution in [2.75, 3.05) is 7.11 Å². The number of fused-ring (bicyclic) bond motifs is 1. The Labute approximate surface area is 134 Å². The number of hydrogen-bond donors (Lipinski definition) is 2. The van der Waals surface area contributed by atoms with Crippen molar-refractivity contribution in [1.29, 1.82) is 0 Å². The van der Waals surface area contributed by atoms with Gasteiger partial charge in [0, 0.05) is 12.1 Å². The normalized spacial score (nSPS) is 11.0. The van der Waals surface area contributed by atoms with Crippen LogP contribution in [0, 0.1) is 3.95 Å². The van der Waals surface area contributed by atoms with Crippen LogP contribution in [0.5, 0.6) is 11.5 Å². The number of aromatic hydroxyl groups is 1. The largest absolute Gasteiger partial charge is 0.504 e. The predicted octanol–water partition coefficient (Wildman–Crippen LogP) is 2.92. The van der Waals surface area contributed by atoms with Crippen molar-refractivity contribution in [3.63, 3.8) is 0 Å². The van der Waals surface area contributed by atoms with Gasteiger partial charge >= 0.3 is 0 Å². The molecule has 3 aromatic rings. The van der Waals surface area contributed by atoms with Gasteiger partial charge in [0.15, 0.2) is 21.1 Å². The van der Waals surface area contributed by atoms with Gasteiger partial charge in [-0.05, 0) is 37.3 Å². The summed E-state index contributed by atoms with van der Waals surface area (Å²) in [7, 11) is 1.47. The Balaban J connectivity index is 2.26. The number of benzene rings is 1. The van der Waals surface area contributed by atoms with Crippen LogP contribution in [-0.4, -0.2) is 26.8 Å². The molecule has 1 aromatic carbocycles. The molecule has 0 amide bonds. The molecule has 0 saturated carbocycles. The Morgan fingerprint density at radius 3 is 2.91 bits per heavy atom. The van der Waals surface area contributed by atoms with Crippen LogP contribution in [0.3, 0.4) is 0 Å². The van der Waals surface area contributed by atoms with Crippen molar-refractivity contribution < 1.29 is 9.84 Å². The SMILES string of the molecule is CCn1c(=S)sc2c(=O)[nH]c(-c3ccc(OC)c(O)c3)nc21. The van der Waals surface area contributed by atoms with Crippen LogP contribution in [0.25, 0.3) is 21.7 Å². The number of thiazole rings is 1. The van der Waals surface area contributed by atoms with E-state index < -0.39 is 0 Å². The average Bonchev–Trinajstić information content (AvgIpc) is 2.83. The Morgan fingerprint density at radius 1 is 1.50 bits per heavy atom. The lowest BCUT2D eigenvalue weighted by atomic mass is 10.2. The first-order chi connectivity index (χ1) is 10.5. The zero-order chi connectivity index (χ0) is 15.9. The highest BCUT2D eigenvalue weighted by atomic mass is 32.1. The summed E-state index contributed by atoms with van der Waals surface area (Å²) < 4.78 is 7.95. The van der Waals surface area contributed by atoms with Gasteiger partial charge < -0.3 is 19.4 Å². The molecular formula is C14H13N3O3S2. The summed E-state index contributed by atoms with van der Waals surface area (Å²) in [6.07, 6.45) is 0. The van der Waals surface area contributed by atoms with Gasteiger partial charge in [0.1, 0.15) is 10.5 Å². The maximum Gasteiger partial charge on any atom is 0.270 e. The van der Waals surface area contributed by atoms with Crippen LogP contribution >= 0.6 is 23.6 Å². The first kappa shape index (κ1) is 14.7. The quantitative estimate of drug-likeness (QED) is 0.719. The summed E-state index contributed by atoms with van der Waals surface area (Å²) in [5.74, 6) is 0.727. The minimum Gasteiger partial charge on any atom is -0.504 e. The second-order valence-corrected chi connectivity index (χ2v) is 6.21. The average molecular weight is 335 g/mol. The predicted molar refractivity (Wildman–Crippen MR) is 88.4 cm³/mol. The first-order valence-corrected chi connectivity index (χ1v) is 7.78. The number of nitrogens with one attached hydrogen (secondary N) is 1. The van der Waals surface area contributed by atoms with Crippen LogP contribution in [0.2, 0.25) is 0 Å². The number of phenolic OH excluding ortho intramolecular Hbond substituents is 1. The highest BCUT2D eigenvalue weighted by molar-refractivity contribution is 7.73. The fraction of sp³-hybridized carbons (Fsp3) is 0.214. The molecule has 0 aliphatic carbocycles. The van der Waals surface area contributed by atoms with E-state index in [-0.39, 0.29) is 11.3 Å². The van der Waals surface area contributed by atoms with Gasteiger partial charge in [0.2, 0.25) is 0 Å². The van der Waals surface area contributed by atoms with E-state index in [0.29, 0.717) is 38.0 Å². The third-order valence-corrected chi connectivity index (χ3v) is 4.73. The highest BCUT2D eigenvalue weighted by Gasteiger charge is 2.13. The maximum absolute atomic E-state index is 12.2. The molecule has 0 bridgehead atoms. The summed E-state index contributed by atoms with van der Waals surface area (Å²) in [5.41, 5.74) is 0.919. The van der Waals surface area contributed by atoms with Crippen LogP contribution in [-0.2, 0) is 6.54 Å². The molecule has 0 spiro atoms. The number of rotatable bonds is 3. The number of phenols is 1. The monoisotopic (exact) mass is 335 g/mol. The van der Waals surface area contributed by atoms with Crippen molar-refractivity contribution in [1.82, 2.24) is 14.5 Å². The lowest BCUT2D eigenvalue weighted by molar-refractivity contribution is 0.373. The molecule has 0 aliphatic heterocycles. The fourth-order valence-electron chi connectivity index (χ4n) is 2.21. The number of hydrogen-bond acceptors (Lipinski definition) is 6. The number of ether oxygens (including phenoxy) is 1. The Hall–Kier alpha value is -2.19. The summed E-state index contributed by atoms with van der Waals surface area (Å²) in [6, 6.07) is 4.84. The van der Waals surface area contributed by atoms with E-state index >= 15 is 0 Å². The van der Waals surface area contributed by atoms with Crippen molar-refractivity contribution in [2.24, 2.45) is 0 Å². The number of aromatic amines is 1. The number of aromatic nitrogens is 3. The van der Waals surface area contributed by atoms with E-state index in [0.717, 1.165) is 0 Å². The molecule has 8 heteroatoms. The van der Waals surface area contributed by atoms with Crippen molar-refractivity contribution >= 4 is 33.9 Å². The van der Waals surface area contributed by atoms with Gasteiger partial charge in [-0.25, -0.2) is 4.98 Å². The summed E-state index contributed by atoms with van der Waals surface area (Å²) in [6.45, 7) is 2.59. The Kier molecular flexibility index (Phi) is 3.71. The smallest absolute Gasteiger partial charge is 0.270 e. The van der Waals surface area contributed by atoms with E-state index in [9.17, 15) is 9.90 Å². The Bertz CT molecular complexity index is 972. The number of nitrogens with zero attached hydrogens (tertiary/aromatic N) is 2. The summed E-state index contributed by atoms with van der Waals surface area (Å²) in [4.78, 5) is 19.5. The first-order valence-electron chi connectivity index (χ1n) is 6.56. The lowest BCUT2D eigenvalue weighted by Gasteiger charge is -2.06. The zero-order valence-corrected chi connectivity index (χ0v) is 13.5. The zero-order valence-electron chi connectivity index (χ0n) is 11.9. The standard InChI is InChI=1S/C14H13N3O3S2/c1-3-17-12-10(22-14(17)21)13(19)16-11(15-12)7-4-5-9(20-2)8(18)6-7/h4-6,18H,3H2,1-2H3,(H,15,16,19). The molecule has 0 saturated heterocycles. The van der Waals surface area contributed by atoms with Gasteiger partial charge in [-0.2, -0.15) is 0 Å². The third-order valence-electron chi connectivity index (χ3n) is 3.29. The molecule has 2 N–H and O–H groups in total. The topological polar surface area (TPSA) is 80.1 Å². The molecule has 0 unspecified atom stereocenters. The lowest BCUT2D eigenvalue weighted by Crippen LogP contribution is -2.09. The molecule has 0 atom stereocenters. The van der Waals surface area contributed by atoms with Gasteiger partial charge in [0.25, 0.3) is 5.56 Å². The Morgan fingerprint density at radius 2 is 2.27 bits per heavy atom.